The molecule has 0 saturated heterocycles. The lowest BCUT2D eigenvalue weighted by molar-refractivity contribution is -0.117. The van der Waals surface area contributed by atoms with E-state index in [4.69, 9.17) is 9.40 Å². The minimum atomic E-state index is -0.925. The summed E-state index contributed by atoms with van der Waals surface area (Å²) in [5.74, 6) is -1.87. The zero-order chi connectivity index (χ0) is 26.8. The molecule has 0 radical (unpaired) electrons. The molecule has 4 heterocycles. The average Bonchev–Trinajstić information content (AvgIpc) is 3.57. The molecule has 0 aliphatic carbocycles. The maximum absolute atomic E-state index is 13.8. The summed E-state index contributed by atoms with van der Waals surface area (Å²) in [6.07, 6.45) is 3.19. The highest BCUT2D eigenvalue weighted by molar-refractivity contribution is 9.10. The van der Waals surface area contributed by atoms with Gasteiger partial charge in [0, 0.05) is 22.3 Å². The van der Waals surface area contributed by atoms with Crippen LogP contribution in [-0.2, 0) is 10.2 Å². The molecule has 5 aromatic rings. The Bertz CT molecular complexity index is 1780. The Morgan fingerprint density at radius 1 is 1.13 bits per heavy atom. The molecule has 1 N–H and O–H groups in total. The van der Waals surface area contributed by atoms with Crippen LogP contribution in [0.1, 0.15) is 48.5 Å². The van der Waals surface area contributed by atoms with E-state index in [-0.39, 0.29) is 16.7 Å². The number of carbonyl (C=O) groups excluding carboxylic acids is 2. The smallest absolute Gasteiger partial charge is 0.296 e. The van der Waals surface area contributed by atoms with Gasteiger partial charge in [0.2, 0.25) is 5.78 Å². The Hall–Kier alpha value is -3.82. The SMILES string of the molecule is CC(C)(C)c1ccc2nc(N3C(=O)C(O)=C(C(=O)c4cc5cc(Br)ccc5o4)C3c3cccnc3)sc2c1. The Balaban J connectivity index is 1.48. The van der Waals surface area contributed by atoms with E-state index in [9.17, 15) is 14.7 Å². The molecule has 3 aromatic heterocycles. The monoisotopic (exact) mass is 587 g/mol. The third-order valence-corrected chi connectivity index (χ3v) is 8.12. The number of ketones is 1. The lowest BCUT2D eigenvalue weighted by Crippen LogP contribution is -2.31. The molecule has 1 aliphatic heterocycles. The molecule has 0 bridgehead atoms. The first-order valence-corrected chi connectivity index (χ1v) is 13.5. The van der Waals surface area contributed by atoms with Gasteiger partial charge in [0.05, 0.1) is 21.8 Å². The van der Waals surface area contributed by atoms with Crippen molar-refractivity contribution in [1.29, 1.82) is 0 Å². The first-order valence-electron chi connectivity index (χ1n) is 11.9. The number of aliphatic hydroxyl groups is 1. The van der Waals surface area contributed by atoms with Crippen molar-refractivity contribution >= 4 is 65.3 Å². The maximum Gasteiger partial charge on any atom is 0.296 e. The van der Waals surface area contributed by atoms with Gasteiger partial charge < -0.3 is 9.52 Å². The summed E-state index contributed by atoms with van der Waals surface area (Å²) in [6.45, 7) is 6.40. The van der Waals surface area contributed by atoms with Gasteiger partial charge in [-0.2, -0.15) is 0 Å². The number of furan rings is 1. The number of carbonyl (C=O) groups is 2. The summed E-state index contributed by atoms with van der Waals surface area (Å²) < 4.78 is 7.57. The molecule has 1 atom stereocenters. The van der Waals surface area contributed by atoms with Crippen LogP contribution < -0.4 is 4.90 Å². The van der Waals surface area contributed by atoms with Gasteiger partial charge in [-0.3, -0.25) is 19.5 Å². The van der Waals surface area contributed by atoms with Crippen molar-refractivity contribution in [1.82, 2.24) is 9.97 Å². The molecule has 38 heavy (non-hydrogen) atoms. The van der Waals surface area contributed by atoms with Crippen LogP contribution in [0, 0.1) is 0 Å². The number of aromatic nitrogens is 2. The third-order valence-electron chi connectivity index (χ3n) is 6.60. The molecule has 6 rings (SSSR count). The number of hydrogen-bond acceptors (Lipinski definition) is 7. The van der Waals surface area contributed by atoms with Gasteiger partial charge in [-0.1, -0.05) is 60.2 Å². The van der Waals surface area contributed by atoms with E-state index in [1.54, 1.807) is 36.7 Å². The van der Waals surface area contributed by atoms with Crippen LogP contribution in [0.25, 0.3) is 21.2 Å². The highest BCUT2D eigenvalue weighted by Gasteiger charge is 2.46. The molecule has 1 aliphatic rings. The number of anilines is 1. The van der Waals surface area contributed by atoms with Crippen LogP contribution in [0.5, 0.6) is 0 Å². The molecule has 190 valence electrons. The van der Waals surface area contributed by atoms with Crippen molar-refractivity contribution in [3.63, 3.8) is 0 Å². The number of pyridine rings is 1. The number of amides is 1. The maximum atomic E-state index is 13.8. The Labute approximate surface area is 230 Å². The van der Waals surface area contributed by atoms with E-state index in [0.717, 1.165) is 25.6 Å². The van der Waals surface area contributed by atoms with Gasteiger partial charge in [-0.25, -0.2) is 4.98 Å². The van der Waals surface area contributed by atoms with Gasteiger partial charge in [-0.05, 0) is 59.0 Å². The van der Waals surface area contributed by atoms with E-state index < -0.39 is 23.5 Å². The van der Waals surface area contributed by atoms with Crippen LogP contribution in [0.3, 0.4) is 0 Å². The number of fused-ring (bicyclic) bond motifs is 2. The second-order valence-corrected chi connectivity index (χ2v) is 12.1. The third kappa shape index (κ3) is 4.02. The predicted octanol–water partition coefficient (Wildman–Crippen LogP) is 7.28. The normalized spacial score (nSPS) is 16.3. The number of hydrogen-bond donors (Lipinski definition) is 1. The van der Waals surface area contributed by atoms with E-state index in [2.05, 4.69) is 47.8 Å². The molecular weight excluding hydrogens is 566 g/mol. The minimum Gasteiger partial charge on any atom is -0.503 e. The first kappa shape index (κ1) is 24.5. The summed E-state index contributed by atoms with van der Waals surface area (Å²) in [6, 6.07) is 15.6. The summed E-state index contributed by atoms with van der Waals surface area (Å²) >= 11 is 4.77. The minimum absolute atomic E-state index is 0.0299. The lowest BCUT2D eigenvalue weighted by Gasteiger charge is -2.23. The Morgan fingerprint density at radius 2 is 1.95 bits per heavy atom. The van der Waals surface area contributed by atoms with Gasteiger partial charge in [0.15, 0.2) is 16.7 Å². The molecule has 1 unspecified atom stereocenters. The molecule has 2 aromatic carbocycles. The number of thiazole rings is 1. The molecule has 9 heteroatoms. The molecule has 0 spiro atoms. The van der Waals surface area contributed by atoms with Crippen LogP contribution >= 0.6 is 27.3 Å². The predicted molar refractivity (Wildman–Crippen MR) is 151 cm³/mol. The van der Waals surface area contributed by atoms with Gasteiger partial charge >= 0.3 is 0 Å². The van der Waals surface area contributed by atoms with Crippen LogP contribution in [0.15, 0.2) is 87.2 Å². The Morgan fingerprint density at radius 3 is 2.68 bits per heavy atom. The second-order valence-electron chi connectivity index (χ2n) is 10.2. The Kier molecular flexibility index (Phi) is 5.73. The molecule has 0 fully saturated rings. The van der Waals surface area contributed by atoms with Crippen molar-refractivity contribution < 1.29 is 19.1 Å². The fraction of sp³-hybridized carbons (Fsp3) is 0.172. The van der Waals surface area contributed by atoms with Crippen molar-refractivity contribution in [3.8, 4) is 0 Å². The van der Waals surface area contributed by atoms with E-state index in [1.807, 2.05) is 24.3 Å². The number of benzene rings is 2. The van der Waals surface area contributed by atoms with Crippen molar-refractivity contribution in [2.24, 2.45) is 0 Å². The zero-order valence-electron chi connectivity index (χ0n) is 20.7. The van der Waals surface area contributed by atoms with Gasteiger partial charge in [0.1, 0.15) is 5.58 Å². The fourth-order valence-corrected chi connectivity index (χ4v) is 6.04. The van der Waals surface area contributed by atoms with Crippen molar-refractivity contribution in [2.45, 2.75) is 32.2 Å². The standard InChI is InChI=1S/C29H22BrN3O4S/c1-29(2,3)17-6-8-19-22(13-17)38-28(32-19)33-24(15-5-4-10-31-14-15)23(26(35)27(33)36)25(34)21-12-16-11-18(30)7-9-20(16)37-21/h4-14,24,35H,1-3H3. The first-order chi connectivity index (χ1) is 18.1. The average molecular weight is 588 g/mol. The van der Waals surface area contributed by atoms with Crippen molar-refractivity contribution in [3.05, 3.63) is 99.7 Å². The quantitative estimate of drug-likeness (QED) is 0.222. The second kappa shape index (κ2) is 8.89. The molecule has 7 nitrogen and oxygen atoms in total. The van der Waals surface area contributed by atoms with Gasteiger partial charge in [0.25, 0.3) is 5.91 Å². The van der Waals surface area contributed by atoms with Crippen LogP contribution in [0.4, 0.5) is 5.13 Å². The largest absolute Gasteiger partial charge is 0.503 e. The summed E-state index contributed by atoms with van der Waals surface area (Å²) in [5.41, 5.74) is 2.85. The summed E-state index contributed by atoms with van der Waals surface area (Å²) in [7, 11) is 0. The van der Waals surface area contributed by atoms with E-state index >= 15 is 0 Å². The zero-order valence-corrected chi connectivity index (χ0v) is 23.1. The van der Waals surface area contributed by atoms with E-state index in [0.29, 0.717) is 16.3 Å². The fourth-order valence-electron chi connectivity index (χ4n) is 4.63. The van der Waals surface area contributed by atoms with Crippen LogP contribution in [-0.4, -0.2) is 26.8 Å². The summed E-state index contributed by atoms with van der Waals surface area (Å²) in [4.78, 5) is 37.6. The summed E-state index contributed by atoms with van der Waals surface area (Å²) in [5, 5.41) is 12.2. The topological polar surface area (TPSA) is 96.5 Å². The van der Waals surface area contributed by atoms with E-state index in [1.165, 1.54) is 16.2 Å². The van der Waals surface area contributed by atoms with Crippen LogP contribution in [0.2, 0.25) is 0 Å². The highest BCUT2D eigenvalue weighted by Crippen LogP contribution is 2.44. The number of rotatable bonds is 4. The molecule has 1 amide bonds. The number of aliphatic hydroxyl groups excluding tert-OH is 1. The molecule has 0 saturated carbocycles. The van der Waals surface area contributed by atoms with Gasteiger partial charge in [-0.15, -0.1) is 0 Å². The number of Topliss-reactive ketones (excluding diaryl/α,β-unsaturated/α-hetero) is 1. The highest BCUT2D eigenvalue weighted by atomic mass is 79.9. The van der Waals surface area contributed by atoms with Crippen molar-refractivity contribution in [2.75, 3.05) is 4.90 Å². The lowest BCUT2D eigenvalue weighted by atomic mass is 9.87. The number of nitrogens with zero attached hydrogens (tertiary/aromatic N) is 3. The number of halogens is 1. The molecular formula is C29H22BrN3O4S.